The standard InChI is InChI=1S/C28H36N2O9S/c31-20-9-6-12-22(16-20)40(34,35)30(39-21-10-4-5-11-21)17-25(32)24(15-19-7-2-1-3-8-19)29-28(33)38-26-18-37-27-23(26)13-14-36-27/h1-3,6-9,12,16,21,23-27,31-32H,4-5,10-11,13-15,17-18H2,(H,29,33)/t23?,24-,25-,26?,27?/m0/s1. The predicted molar refractivity (Wildman–Crippen MR) is 142 cm³/mol. The molecule has 3 N–H and O–H groups in total. The van der Waals surface area contributed by atoms with Crippen LogP contribution in [0.25, 0.3) is 0 Å². The summed E-state index contributed by atoms with van der Waals surface area (Å²) in [4.78, 5) is 18.7. The SMILES string of the molecule is O=C(N[C@@H](Cc1ccccc1)[C@@H](O)CN(OC1CCCC1)S(=O)(=O)c1cccc(O)c1)OC1COC2OCCC12. The molecule has 0 bridgehead atoms. The van der Waals surface area contributed by atoms with Gasteiger partial charge in [0.15, 0.2) is 6.29 Å². The molecule has 2 aliphatic heterocycles. The topological polar surface area (TPSA) is 144 Å². The Hall–Kier alpha value is -2.74. The number of rotatable bonds is 11. The van der Waals surface area contributed by atoms with E-state index in [0.717, 1.165) is 35.4 Å². The fourth-order valence-corrected chi connectivity index (χ4v) is 6.76. The summed E-state index contributed by atoms with van der Waals surface area (Å²) in [6.07, 6.45) is 0.866. The Labute approximate surface area is 234 Å². The van der Waals surface area contributed by atoms with E-state index >= 15 is 0 Å². The molecule has 1 amide bonds. The van der Waals surface area contributed by atoms with Crippen LogP contribution < -0.4 is 5.32 Å². The van der Waals surface area contributed by atoms with Crippen molar-refractivity contribution in [2.24, 2.45) is 5.92 Å². The van der Waals surface area contributed by atoms with Crippen LogP contribution in [0.4, 0.5) is 4.79 Å². The molecule has 40 heavy (non-hydrogen) atoms. The number of hydroxylamine groups is 1. The highest BCUT2D eigenvalue weighted by Crippen LogP contribution is 2.33. The molecular weight excluding hydrogens is 540 g/mol. The van der Waals surface area contributed by atoms with Crippen molar-refractivity contribution in [2.45, 2.75) is 74.1 Å². The zero-order valence-corrected chi connectivity index (χ0v) is 22.9. The smallest absolute Gasteiger partial charge is 0.407 e. The first-order valence-corrected chi connectivity index (χ1v) is 15.1. The summed E-state index contributed by atoms with van der Waals surface area (Å²) in [5.74, 6) is -0.259. The van der Waals surface area contributed by atoms with Gasteiger partial charge in [0.2, 0.25) is 0 Å². The number of ether oxygens (including phenoxy) is 3. The third-order valence-electron chi connectivity index (χ3n) is 7.60. The van der Waals surface area contributed by atoms with E-state index in [-0.39, 0.29) is 42.0 Å². The number of aliphatic hydroxyl groups excluding tert-OH is 1. The lowest BCUT2D eigenvalue weighted by Gasteiger charge is -2.31. The van der Waals surface area contributed by atoms with E-state index in [1.165, 1.54) is 18.2 Å². The first-order chi connectivity index (χ1) is 19.3. The number of alkyl carbamates (subject to hydrolysis) is 1. The Bertz CT molecular complexity index is 1240. The summed E-state index contributed by atoms with van der Waals surface area (Å²) in [7, 11) is -4.25. The lowest BCUT2D eigenvalue weighted by molar-refractivity contribution is -0.145. The molecule has 3 aliphatic rings. The van der Waals surface area contributed by atoms with Crippen LogP contribution >= 0.6 is 0 Å². The predicted octanol–water partition coefficient (Wildman–Crippen LogP) is 2.72. The van der Waals surface area contributed by atoms with Gasteiger partial charge in [-0.05, 0) is 49.4 Å². The van der Waals surface area contributed by atoms with Gasteiger partial charge in [-0.15, -0.1) is 0 Å². The zero-order valence-electron chi connectivity index (χ0n) is 22.1. The van der Waals surface area contributed by atoms with Gasteiger partial charge in [0.05, 0.1) is 48.8 Å². The van der Waals surface area contributed by atoms with Gasteiger partial charge in [-0.1, -0.05) is 53.7 Å². The van der Waals surface area contributed by atoms with E-state index in [4.69, 9.17) is 19.0 Å². The molecule has 11 nitrogen and oxygen atoms in total. The first kappa shape index (κ1) is 28.8. The van der Waals surface area contributed by atoms with E-state index < -0.39 is 40.9 Å². The second-order valence-electron chi connectivity index (χ2n) is 10.5. The summed E-state index contributed by atoms with van der Waals surface area (Å²) in [5, 5.41) is 24.0. The Kier molecular flexibility index (Phi) is 9.24. The number of fused-ring (bicyclic) bond motifs is 1. The monoisotopic (exact) mass is 576 g/mol. The van der Waals surface area contributed by atoms with Gasteiger partial charge in [-0.3, -0.25) is 4.84 Å². The van der Waals surface area contributed by atoms with Crippen molar-refractivity contribution < 1.29 is 42.5 Å². The molecule has 2 heterocycles. The van der Waals surface area contributed by atoms with Gasteiger partial charge in [0.25, 0.3) is 10.0 Å². The summed E-state index contributed by atoms with van der Waals surface area (Å²) in [6, 6.07) is 13.6. The molecule has 3 unspecified atom stereocenters. The quantitative estimate of drug-likeness (QED) is 0.344. The summed E-state index contributed by atoms with van der Waals surface area (Å²) in [5.41, 5.74) is 0.833. The van der Waals surface area contributed by atoms with Crippen LogP contribution in [0.15, 0.2) is 59.5 Å². The molecule has 0 radical (unpaired) electrons. The number of aromatic hydroxyl groups is 1. The number of carbonyl (C=O) groups is 1. The molecule has 218 valence electrons. The van der Waals surface area contributed by atoms with Crippen LogP contribution in [0.2, 0.25) is 0 Å². The van der Waals surface area contributed by atoms with E-state index in [2.05, 4.69) is 5.32 Å². The van der Waals surface area contributed by atoms with Crippen molar-refractivity contribution in [3.8, 4) is 5.75 Å². The zero-order chi connectivity index (χ0) is 28.1. The van der Waals surface area contributed by atoms with Crippen LogP contribution in [-0.4, -0.2) is 79.6 Å². The Balaban J connectivity index is 1.34. The highest BCUT2D eigenvalue weighted by atomic mass is 32.2. The average Bonchev–Trinajstić information content (AvgIpc) is 3.69. The summed E-state index contributed by atoms with van der Waals surface area (Å²) in [6.45, 7) is 0.313. The minimum Gasteiger partial charge on any atom is -0.508 e. The lowest BCUT2D eigenvalue weighted by atomic mass is 10.0. The molecule has 5 atom stereocenters. The van der Waals surface area contributed by atoms with Gasteiger partial charge >= 0.3 is 6.09 Å². The molecule has 2 aromatic rings. The van der Waals surface area contributed by atoms with Gasteiger partial charge in [-0.25, -0.2) is 13.2 Å². The van der Waals surface area contributed by atoms with Crippen LogP contribution in [0.5, 0.6) is 5.75 Å². The second-order valence-corrected chi connectivity index (χ2v) is 12.3. The van der Waals surface area contributed by atoms with Gasteiger partial charge in [0.1, 0.15) is 11.9 Å². The second kappa shape index (κ2) is 12.8. The molecular formula is C28H36N2O9S. The Morgan fingerprint density at radius 1 is 1.07 bits per heavy atom. The van der Waals surface area contributed by atoms with Crippen molar-refractivity contribution in [1.82, 2.24) is 9.79 Å². The molecule has 2 aromatic carbocycles. The number of nitrogens with one attached hydrogen (secondary N) is 1. The molecule has 0 aromatic heterocycles. The number of hydrogen-bond donors (Lipinski definition) is 3. The number of hydrogen-bond acceptors (Lipinski definition) is 9. The number of sulfonamides is 1. The van der Waals surface area contributed by atoms with Crippen molar-refractivity contribution in [3.05, 3.63) is 60.2 Å². The number of aliphatic hydroxyl groups is 1. The molecule has 1 saturated carbocycles. The van der Waals surface area contributed by atoms with Gasteiger partial charge < -0.3 is 29.7 Å². The number of phenols is 1. The Morgan fingerprint density at radius 2 is 1.85 bits per heavy atom. The van der Waals surface area contributed by atoms with E-state index in [9.17, 15) is 23.4 Å². The summed E-state index contributed by atoms with van der Waals surface area (Å²) >= 11 is 0. The van der Waals surface area contributed by atoms with E-state index in [1.54, 1.807) is 0 Å². The maximum Gasteiger partial charge on any atom is 0.407 e. The number of carbonyl (C=O) groups excluding carboxylic acids is 1. The lowest BCUT2D eigenvalue weighted by Crippen LogP contribution is -2.51. The largest absolute Gasteiger partial charge is 0.508 e. The van der Waals surface area contributed by atoms with Crippen molar-refractivity contribution in [3.63, 3.8) is 0 Å². The molecule has 0 spiro atoms. The third kappa shape index (κ3) is 6.93. The molecule has 3 fully saturated rings. The maximum atomic E-state index is 13.6. The average molecular weight is 577 g/mol. The van der Waals surface area contributed by atoms with Crippen LogP contribution in [0, 0.1) is 5.92 Å². The molecule has 12 heteroatoms. The molecule has 1 aliphatic carbocycles. The number of amides is 1. The fourth-order valence-electron chi connectivity index (χ4n) is 5.42. The normalized spacial score (nSPS) is 24.6. The van der Waals surface area contributed by atoms with Crippen molar-refractivity contribution in [2.75, 3.05) is 19.8 Å². The molecule has 5 rings (SSSR count). The number of nitrogens with zero attached hydrogens (tertiary/aromatic N) is 1. The Morgan fingerprint density at radius 3 is 2.60 bits per heavy atom. The summed E-state index contributed by atoms with van der Waals surface area (Å²) < 4.78 is 44.7. The van der Waals surface area contributed by atoms with Crippen molar-refractivity contribution >= 4 is 16.1 Å². The first-order valence-electron chi connectivity index (χ1n) is 13.7. The molecule has 2 saturated heterocycles. The highest BCUT2D eigenvalue weighted by molar-refractivity contribution is 7.89. The number of phenolic OH excluding ortho intramolecular Hbond substituents is 1. The van der Waals surface area contributed by atoms with Crippen LogP contribution in [0.3, 0.4) is 0 Å². The minimum absolute atomic E-state index is 0.0500. The van der Waals surface area contributed by atoms with E-state index in [1.807, 2.05) is 30.3 Å². The maximum absolute atomic E-state index is 13.6. The van der Waals surface area contributed by atoms with Crippen molar-refractivity contribution in [1.29, 1.82) is 0 Å². The minimum atomic E-state index is -4.25. The fraction of sp³-hybridized carbons (Fsp3) is 0.536. The van der Waals surface area contributed by atoms with Gasteiger partial charge in [-0.2, -0.15) is 0 Å². The van der Waals surface area contributed by atoms with Crippen LogP contribution in [0.1, 0.15) is 37.7 Å². The van der Waals surface area contributed by atoms with Gasteiger partial charge in [0, 0.05) is 0 Å². The third-order valence-corrected chi connectivity index (χ3v) is 9.22. The highest BCUT2D eigenvalue weighted by Gasteiger charge is 2.44. The van der Waals surface area contributed by atoms with Crippen LogP contribution in [-0.2, 0) is 35.5 Å². The number of benzene rings is 2. The van der Waals surface area contributed by atoms with E-state index in [0.29, 0.717) is 19.4 Å².